The number of esters is 1. The second-order valence-electron chi connectivity index (χ2n) is 4.41. The summed E-state index contributed by atoms with van der Waals surface area (Å²) in [5.74, 6) is -0.446. The fourth-order valence-corrected chi connectivity index (χ4v) is 1.43. The van der Waals surface area contributed by atoms with Crippen molar-refractivity contribution in [3.63, 3.8) is 0 Å². The first-order valence-electron chi connectivity index (χ1n) is 4.00. The lowest BCUT2D eigenvalue weighted by atomic mass is 9.72. The van der Waals surface area contributed by atoms with Crippen LogP contribution in [0.2, 0.25) is 0 Å². The molecule has 0 bridgehead atoms. The lowest BCUT2D eigenvalue weighted by Gasteiger charge is -2.36. The predicted molar refractivity (Wildman–Crippen MR) is 43.5 cm³/mol. The van der Waals surface area contributed by atoms with Gasteiger partial charge < -0.3 is 4.74 Å². The van der Waals surface area contributed by atoms with Gasteiger partial charge in [-0.3, -0.25) is 9.59 Å². The maximum Gasteiger partial charge on any atom is 0.319 e. The molecule has 0 aromatic heterocycles. The third-order valence-corrected chi connectivity index (χ3v) is 2.26. The van der Waals surface area contributed by atoms with E-state index in [4.69, 9.17) is 4.74 Å². The van der Waals surface area contributed by atoms with E-state index < -0.39 is 16.8 Å². The van der Waals surface area contributed by atoms with Gasteiger partial charge in [0.15, 0.2) is 5.78 Å². The molecule has 12 heavy (non-hydrogen) atoms. The second kappa shape index (κ2) is 2.31. The number of cyclic esters (lactones) is 1. The first-order valence-corrected chi connectivity index (χ1v) is 4.00. The maximum absolute atomic E-state index is 11.7. The molecule has 0 amide bonds. The molecule has 1 heterocycles. The van der Waals surface area contributed by atoms with Crippen molar-refractivity contribution >= 4 is 11.8 Å². The first-order chi connectivity index (χ1) is 5.28. The Bertz CT molecular complexity index is 238. The van der Waals surface area contributed by atoms with Gasteiger partial charge in [0.05, 0.1) is 5.41 Å². The van der Waals surface area contributed by atoms with Crippen LogP contribution in [-0.4, -0.2) is 18.4 Å². The van der Waals surface area contributed by atoms with Gasteiger partial charge in [0, 0.05) is 0 Å². The molecule has 0 spiro atoms. The van der Waals surface area contributed by atoms with E-state index in [1.54, 1.807) is 27.7 Å². The summed E-state index contributed by atoms with van der Waals surface area (Å²) >= 11 is 0. The Balaban J connectivity index is 3.02. The number of hydrogen-bond donors (Lipinski definition) is 0. The first kappa shape index (κ1) is 9.23. The normalized spacial score (nSPS) is 26.7. The zero-order chi connectivity index (χ0) is 9.57. The van der Waals surface area contributed by atoms with Crippen LogP contribution in [0.25, 0.3) is 0 Å². The molecule has 1 aliphatic rings. The van der Waals surface area contributed by atoms with E-state index >= 15 is 0 Å². The molecular formula is C9H14O3. The van der Waals surface area contributed by atoms with E-state index in [2.05, 4.69) is 0 Å². The quantitative estimate of drug-likeness (QED) is 0.405. The van der Waals surface area contributed by atoms with Crippen LogP contribution in [0.4, 0.5) is 0 Å². The summed E-state index contributed by atoms with van der Waals surface area (Å²) in [6.07, 6.45) is 0. The van der Waals surface area contributed by atoms with Crippen molar-refractivity contribution < 1.29 is 14.3 Å². The van der Waals surface area contributed by atoms with Gasteiger partial charge in [0.2, 0.25) is 0 Å². The van der Waals surface area contributed by atoms with Crippen molar-refractivity contribution in [1.82, 2.24) is 0 Å². The fraction of sp³-hybridized carbons (Fsp3) is 0.778. The Morgan fingerprint density at radius 1 is 1.17 bits per heavy atom. The van der Waals surface area contributed by atoms with E-state index in [0.717, 1.165) is 0 Å². The highest BCUT2D eigenvalue weighted by atomic mass is 16.5. The summed E-state index contributed by atoms with van der Waals surface area (Å²) in [6, 6.07) is 0. The monoisotopic (exact) mass is 170 g/mol. The Hall–Kier alpha value is -0.860. The van der Waals surface area contributed by atoms with Gasteiger partial charge in [-0.25, -0.2) is 0 Å². The third-order valence-electron chi connectivity index (χ3n) is 2.26. The standard InChI is InChI=1S/C9H14O3/c1-8(2)5-12-7(11)9(3,4)6(8)10/h5H2,1-4H3. The van der Waals surface area contributed by atoms with E-state index in [0.29, 0.717) is 0 Å². The zero-order valence-electron chi connectivity index (χ0n) is 7.93. The number of rotatable bonds is 0. The largest absolute Gasteiger partial charge is 0.464 e. The minimum atomic E-state index is -0.970. The summed E-state index contributed by atoms with van der Waals surface area (Å²) in [6.45, 7) is 7.01. The molecule has 1 rings (SSSR count). The predicted octanol–water partition coefficient (Wildman–Crippen LogP) is 1.16. The van der Waals surface area contributed by atoms with Gasteiger partial charge in [-0.05, 0) is 27.7 Å². The minimum absolute atomic E-state index is 0.0359. The van der Waals surface area contributed by atoms with Gasteiger partial charge in [-0.15, -0.1) is 0 Å². The molecule has 0 aliphatic carbocycles. The van der Waals surface area contributed by atoms with E-state index in [9.17, 15) is 9.59 Å². The number of ketones is 1. The summed E-state index contributed by atoms with van der Waals surface area (Å²) < 4.78 is 4.92. The van der Waals surface area contributed by atoms with Crippen LogP contribution in [0.5, 0.6) is 0 Å². The Labute approximate surface area is 72.1 Å². The van der Waals surface area contributed by atoms with E-state index in [1.165, 1.54) is 0 Å². The van der Waals surface area contributed by atoms with E-state index in [1.807, 2.05) is 0 Å². The van der Waals surface area contributed by atoms with Crippen molar-refractivity contribution in [2.24, 2.45) is 10.8 Å². The minimum Gasteiger partial charge on any atom is -0.464 e. The van der Waals surface area contributed by atoms with Crippen molar-refractivity contribution in [2.75, 3.05) is 6.61 Å². The van der Waals surface area contributed by atoms with Crippen LogP contribution >= 0.6 is 0 Å². The summed E-state index contributed by atoms with van der Waals surface area (Å²) in [4.78, 5) is 22.8. The lowest BCUT2D eigenvalue weighted by Crippen LogP contribution is -2.50. The summed E-state index contributed by atoms with van der Waals surface area (Å²) in [7, 11) is 0. The number of carbonyl (C=O) groups is 2. The second-order valence-corrected chi connectivity index (χ2v) is 4.41. The van der Waals surface area contributed by atoms with Crippen LogP contribution in [0.1, 0.15) is 27.7 Å². The van der Waals surface area contributed by atoms with Crippen molar-refractivity contribution in [3.05, 3.63) is 0 Å². The average molecular weight is 170 g/mol. The molecule has 1 aliphatic heterocycles. The van der Waals surface area contributed by atoms with Crippen LogP contribution in [0, 0.1) is 10.8 Å². The lowest BCUT2D eigenvalue weighted by molar-refractivity contribution is -0.174. The van der Waals surface area contributed by atoms with Gasteiger partial charge in [-0.2, -0.15) is 0 Å². The number of Topliss-reactive ketones (excluding diaryl/α,β-unsaturated/α-hetero) is 1. The van der Waals surface area contributed by atoms with Crippen LogP contribution in [0.15, 0.2) is 0 Å². The fourth-order valence-electron chi connectivity index (χ4n) is 1.43. The third kappa shape index (κ3) is 1.13. The molecule has 0 atom stereocenters. The summed E-state index contributed by atoms with van der Waals surface area (Å²) in [5, 5.41) is 0. The Kier molecular flexibility index (Phi) is 1.78. The molecule has 0 saturated carbocycles. The molecule has 1 saturated heterocycles. The topological polar surface area (TPSA) is 43.4 Å². The number of ether oxygens (including phenoxy) is 1. The molecule has 0 unspecified atom stereocenters. The van der Waals surface area contributed by atoms with Crippen molar-refractivity contribution in [2.45, 2.75) is 27.7 Å². The highest BCUT2D eigenvalue weighted by Crippen LogP contribution is 2.35. The molecule has 3 heteroatoms. The molecule has 68 valence electrons. The number of hydrogen-bond acceptors (Lipinski definition) is 3. The highest BCUT2D eigenvalue weighted by Gasteiger charge is 2.49. The van der Waals surface area contributed by atoms with Gasteiger partial charge >= 0.3 is 5.97 Å². The number of carbonyl (C=O) groups excluding carboxylic acids is 2. The summed E-state index contributed by atoms with van der Waals surface area (Å²) in [5.41, 5.74) is -1.50. The van der Waals surface area contributed by atoms with Crippen molar-refractivity contribution in [3.8, 4) is 0 Å². The molecule has 0 N–H and O–H groups in total. The van der Waals surface area contributed by atoms with Crippen LogP contribution < -0.4 is 0 Å². The van der Waals surface area contributed by atoms with Gasteiger partial charge in [-0.1, -0.05) is 0 Å². The maximum atomic E-state index is 11.7. The van der Waals surface area contributed by atoms with E-state index in [-0.39, 0.29) is 12.4 Å². The van der Waals surface area contributed by atoms with Crippen LogP contribution in [-0.2, 0) is 14.3 Å². The highest BCUT2D eigenvalue weighted by molar-refractivity contribution is 6.07. The molecule has 0 aromatic rings. The smallest absolute Gasteiger partial charge is 0.319 e. The van der Waals surface area contributed by atoms with Crippen molar-refractivity contribution in [1.29, 1.82) is 0 Å². The SMILES string of the molecule is CC1(C)COC(=O)C(C)(C)C1=O. The average Bonchev–Trinajstić information content (AvgIpc) is 1.96. The Morgan fingerprint density at radius 2 is 1.67 bits per heavy atom. The molecule has 0 radical (unpaired) electrons. The molecular weight excluding hydrogens is 156 g/mol. The van der Waals surface area contributed by atoms with Gasteiger partial charge in [0.25, 0.3) is 0 Å². The van der Waals surface area contributed by atoms with Crippen LogP contribution in [0.3, 0.4) is 0 Å². The zero-order valence-corrected chi connectivity index (χ0v) is 7.93. The Morgan fingerprint density at radius 3 is 2.08 bits per heavy atom. The molecule has 3 nitrogen and oxygen atoms in total. The molecule has 0 aromatic carbocycles. The van der Waals surface area contributed by atoms with Gasteiger partial charge in [0.1, 0.15) is 12.0 Å². The molecule has 1 fully saturated rings.